The summed E-state index contributed by atoms with van der Waals surface area (Å²) in [4.78, 5) is 13.6. The second-order valence-corrected chi connectivity index (χ2v) is 6.69. The molecule has 2 heterocycles. The Labute approximate surface area is 160 Å². The lowest BCUT2D eigenvalue weighted by molar-refractivity contribution is -0.184. The Morgan fingerprint density at radius 2 is 1.93 bits per heavy atom. The van der Waals surface area contributed by atoms with E-state index >= 15 is 0 Å². The molecule has 1 aliphatic rings. The summed E-state index contributed by atoms with van der Waals surface area (Å²) in [6.07, 6.45) is -4.53. The third-order valence-electron chi connectivity index (χ3n) is 4.78. The zero-order chi connectivity index (χ0) is 20.1. The summed E-state index contributed by atoms with van der Waals surface area (Å²) < 4.78 is 41.8. The second kappa shape index (κ2) is 8.70. The number of rotatable bonds is 6. The molecule has 2 N–H and O–H groups in total. The molecule has 1 fully saturated rings. The first-order valence-corrected chi connectivity index (χ1v) is 9.11. The molecule has 28 heavy (non-hydrogen) atoms. The lowest BCUT2D eigenvalue weighted by Gasteiger charge is -2.35. The molecule has 0 radical (unpaired) electrons. The van der Waals surface area contributed by atoms with Crippen LogP contribution < -0.4 is 10.6 Å². The number of nitrogens with zero attached hydrogens (tertiary/aromatic N) is 4. The predicted molar refractivity (Wildman–Crippen MR) is 97.1 cm³/mol. The average molecular weight is 396 g/mol. The number of nitrogens with one attached hydrogen (secondary N) is 2. The fraction of sp³-hybridized carbons (Fsp3) is 0.500. The molecule has 152 valence electrons. The van der Waals surface area contributed by atoms with Crippen molar-refractivity contribution < 1.29 is 18.0 Å². The SMILES string of the molecule is Cc1c(CC(=O)NCC(N2CCNCC2)C(F)(F)F)nnn1-c1ccccc1. The van der Waals surface area contributed by atoms with E-state index in [-0.39, 0.29) is 6.42 Å². The van der Waals surface area contributed by atoms with Crippen LogP contribution in [0.3, 0.4) is 0 Å². The van der Waals surface area contributed by atoms with Crippen LogP contribution in [0.4, 0.5) is 13.2 Å². The first-order valence-electron chi connectivity index (χ1n) is 9.11. The molecule has 1 unspecified atom stereocenters. The van der Waals surface area contributed by atoms with Gasteiger partial charge < -0.3 is 10.6 Å². The van der Waals surface area contributed by atoms with Gasteiger partial charge in [-0.25, -0.2) is 4.68 Å². The van der Waals surface area contributed by atoms with E-state index in [0.717, 1.165) is 5.69 Å². The molecule has 1 amide bonds. The normalized spacial score (nSPS) is 16.7. The van der Waals surface area contributed by atoms with Gasteiger partial charge in [-0.1, -0.05) is 23.4 Å². The van der Waals surface area contributed by atoms with Crippen LogP contribution in [0.2, 0.25) is 0 Å². The molecule has 1 saturated heterocycles. The lowest BCUT2D eigenvalue weighted by atomic mass is 10.2. The van der Waals surface area contributed by atoms with Gasteiger partial charge in [0, 0.05) is 32.7 Å². The molecule has 1 atom stereocenters. The van der Waals surface area contributed by atoms with Gasteiger partial charge in [-0.05, 0) is 19.1 Å². The Bertz CT molecular complexity index is 786. The van der Waals surface area contributed by atoms with Crippen molar-refractivity contribution in [2.24, 2.45) is 0 Å². The largest absolute Gasteiger partial charge is 0.405 e. The molecule has 2 aromatic rings. The fourth-order valence-electron chi connectivity index (χ4n) is 3.21. The van der Waals surface area contributed by atoms with Crippen LogP contribution >= 0.6 is 0 Å². The van der Waals surface area contributed by atoms with Gasteiger partial charge in [0.05, 0.1) is 23.5 Å². The summed E-state index contributed by atoms with van der Waals surface area (Å²) in [5.74, 6) is -0.507. The zero-order valence-electron chi connectivity index (χ0n) is 15.5. The Balaban J connectivity index is 1.61. The van der Waals surface area contributed by atoms with Crippen LogP contribution in [0, 0.1) is 6.92 Å². The number of halogens is 3. The molecular weight excluding hydrogens is 373 g/mol. The van der Waals surface area contributed by atoms with E-state index in [1.807, 2.05) is 30.3 Å². The lowest BCUT2D eigenvalue weighted by Crippen LogP contribution is -2.57. The number of carbonyl (C=O) groups excluding carboxylic acids is 1. The van der Waals surface area contributed by atoms with Gasteiger partial charge in [-0.3, -0.25) is 9.69 Å². The van der Waals surface area contributed by atoms with E-state index in [0.29, 0.717) is 37.6 Å². The van der Waals surface area contributed by atoms with Crippen LogP contribution in [0.5, 0.6) is 0 Å². The number of alkyl halides is 3. The van der Waals surface area contributed by atoms with Gasteiger partial charge in [0.15, 0.2) is 0 Å². The highest BCUT2D eigenvalue weighted by Crippen LogP contribution is 2.24. The first-order chi connectivity index (χ1) is 13.4. The van der Waals surface area contributed by atoms with Gasteiger partial charge in [0.1, 0.15) is 6.04 Å². The Kier molecular flexibility index (Phi) is 6.30. The molecule has 0 saturated carbocycles. The first kappa shape index (κ1) is 20.3. The third-order valence-corrected chi connectivity index (χ3v) is 4.78. The highest BCUT2D eigenvalue weighted by Gasteiger charge is 2.43. The number of hydrogen-bond acceptors (Lipinski definition) is 5. The van der Waals surface area contributed by atoms with E-state index in [2.05, 4.69) is 20.9 Å². The molecule has 3 rings (SSSR count). The summed E-state index contributed by atoms with van der Waals surface area (Å²) in [7, 11) is 0. The topological polar surface area (TPSA) is 75.1 Å². The van der Waals surface area contributed by atoms with Gasteiger partial charge in [0.2, 0.25) is 5.91 Å². The van der Waals surface area contributed by atoms with Crippen molar-refractivity contribution >= 4 is 5.91 Å². The number of benzene rings is 1. The summed E-state index contributed by atoms with van der Waals surface area (Å²) in [6, 6.07) is 7.60. The van der Waals surface area contributed by atoms with Gasteiger partial charge in [-0.2, -0.15) is 13.2 Å². The summed E-state index contributed by atoms with van der Waals surface area (Å²) >= 11 is 0. The van der Waals surface area contributed by atoms with Crippen molar-refractivity contribution in [1.82, 2.24) is 30.5 Å². The molecular formula is C18H23F3N6O. The standard InChI is InChI=1S/C18H23F3N6O/c1-13-15(24-25-27(13)14-5-3-2-4-6-14)11-17(28)23-12-16(18(19,20)21)26-9-7-22-8-10-26/h2-6,16,22H,7-12H2,1H3,(H,23,28). The van der Waals surface area contributed by atoms with E-state index < -0.39 is 24.7 Å². The quantitative estimate of drug-likeness (QED) is 0.764. The van der Waals surface area contributed by atoms with Crippen molar-refractivity contribution in [1.29, 1.82) is 0 Å². The Morgan fingerprint density at radius 1 is 1.25 bits per heavy atom. The highest BCUT2D eigenvalue weighted by atomic mass is 19.4. The maximum absolute atomic E-state index is 13.4. The van der Waals surface area contributed by atoms with E-state index in [9.17, 15) is 18.0 Å². The van der Waals surface area contributed by atoms with Crippen LogP contribution in [-0.2, 0) is 11.2 Å². The molecule has 0 aliphatic carbocycles. The third kappa shape index (κ3) is 4.87. The van der Waals surface area contributed by atoms with Crippen LogP contribution in [0.25, 0.3) is 5.69 Å². The van der Waals surface area contributed by atoms with Crippen molar-refractivity contribution in [2.45, 2.75) is 25.6 Å². The van der Waals surface area contributed by atoms with Crippen LogP contribution in [-0.4, -0.2) is 70.7 Å². The van der Waals surface area contributed by atoms with Crippen molar-refractivity contribution in [3.8, 4) is 5.69 Å². The maximum Gasteiger partial charge on any atom is 0.405 e. The fourth-order valence-corrected chi connectivity index (χ4v) is 3.21. The smallest absolute Gasteiger partial charge is 0.354 e. The molecule has 1 aromatic heterocycles. The molecule has 1 aromatic carbocycles. The zero-order valence-corrected chi connectivity index (χ0v) is 15.5. The summed E-state index contributed by atoms with van der Waals surface area (Å²) in [5.41, 5.74) is 1.91. The van der Waals surface area contributed by atoms with E-state index in [1.54, 1.807) is 11.6 Å². The number of aromatic nitrogens is 3. The minimum absolute atomic E-state index is 0.120. The van der Waals surface area contributed by atoms with Crippen molar-refractivity contribution in [3.05, 3.63) is 41.7 Å². The van der Waals surface area contributed by atoms with Gasteiger partial charge in [0.25, 0.3) is 0 Å². The number of hydrogen-bond donors (Lipinski definition) is 2. The second-order valence-electron chi connectivity index (χ2n) is 6.69. The number of piperazine rings is 1. The van der Waals surface area contributed by atoms with E-state index in [1.165, 1.54) is 4.90 Å². The number of amides is 1. The van der Waals surface area contributed by atoms with E-state index in [4.69, 9.17) is 0 Å². The van der Waals surface area contributed by atoms with Crippen molar-refractivity contribution in [2.75, 3.05) is 32.7 Å². The van der Waals surface area contributed by atoms with Gasteiger partial charge >= 0.3 is 6.18 Å². The number of carbonyl (C=O) groups is 1. The maximum atomic E-state index is 13.4. The minimum Gasteiger partial charge on any atom is -0.354 e. The molecule has 10 heteroatoms. The Hall–Kier alpha value is -2.46. The van der Waals surface area contributed by atoms with Crippen LogP contribution in [0.1, 0.15) is 11.4 Å². The molecule has 0 bridgehead atoms. The Morgan fingerprint density at radius 3 is 2.57 bits per heavy atom. The molecule has 7 nitrogen and oxygen atoms in total. The predicted octanol–water partition coefficient (Wildman–Crippen LogP) is 1.07. The number of para-hydroxylation sites is 1. The van der Waals surface area contributed by atoms with Crippen LogP contribution in [0.15, 0.2) is 30.3 Å². The summed E-state index contributed by atoms with van der Waals surface area (Å²) in [5, 5.41) is 13.5. The highest BCUT2D eigenvalue weighted by molar-refractivity contribution is 5.78. The molecule has 1 aliphatic heterocycles. The van der Waals surface area contributed by atoms with Crippen molar-refractivity contribution in [3.63, 3.8) is 0 Å². The minimum atomic E-state index is -4.41. The monoisotopic (exact) mass is 396 g/mol. The summed E-state index contributed by atoms with van der Waals surface area (Å²) in [6.45, 7) is 2.89. The van der Waals surface area contributed by atoms with Gasteiger partial charge in [-0.15, -0.1) is 5.10 Å². The molecule has 0 spiro atoms. The average Bonchev–Trinajstić information content (AvgIpc) is 3.03.